The number of ether oxygens (including phenoxy) is 1. The first kappa shape index (κ1) is 18.4. The van der Waals surface area contributed by atoms with Crippen LogP contribution in [-0.2, 0) is 4.74 Å². The average Bonchev–Trinajstić information content (AvgIpc) is 2.70. The Labute approximate surface area is 155 Å². The van der Waals surface area contributed by atoms with Crippen molar-refractivity contribution in [2.24, 2.45) is 0 Å². The van der Waals surface area contributed by atoms with Crippen LogP contribution in [-0.4, -0.2) is 52.9 Å². The van der Waals surface area contributed by atoms with E-state index in [2.05, 4.69) is 34.5 Å². The lowest BCUT2D eigenvalue weighted by Crippen LogP contribution is -3.15. The summed E-state index contributed by atoms with van der Waals surface area (Å²) in [7, 11) is 4.08. The van der Waals surface area contributed by atoms with Gasteiger partial charge in [0.2, 0.25) is 0 Å². The van der Waals surface area contributed by atoms with Gasteiger partial charge >= 0.3 is 0 Å². The number of anilines is 1. The standard InChI is InChI=1S/C21H27N3O2/c1-23(2)19-10-8-17(9-11-19)20(24-12-14-26-15-13-24)16-22-21(25)18-6-4-3-5-7-18/h3-11,20H,12-16H2,1-2H3,(H,22,25)/p+1/t20-/m0/s1. The molecular weight excluding hydrogens is 326 g/mol. The lowest BCUT2D eigenvalue weighted by Gasteiger charge is -2.32. The van der Waals surface area contributed by atoms with Gasteiger partial charge in [0.05, 0.1) is 19.8 Å². The van der Waals surface area contributed by atoms with E-state index in [4.69, 9.17) is 4.74 Å². The maximum absolute atomic E-state index is 12.5. The van der Waals surface area contributed by atoms with Crippen LogP contribution in [0.5, 0.6) is 0 Å². The summed E-state index contributed by atoms with van der Waals surface area (Å²) < 4.78 is 5.52. The summed E-state index contributed by atoms with van der Waals surface area (Å²) in [6, 6.07) is 18.2. The number of benzene rings is 2. The number of nitrogens with one attached hydrogen (secondary N) is 2. The van der Waals surface area contributed by atoms with Gasteiger partial charge in [-0.1, -0.05) is 30.3 Å². The summed E-state index contributed by atoms with van der Waals surface area (Å²) in [4.78, 5) is 16.0. The molecule has 2 aromatic carbocycles. The first-order valence-corrected chi connectivity index (χ1v) is 9.18. The predicted octanol–water partition coefficient (Wildman–Crippen LogP) is 1.14. The monoisotopic (exact) mass is 354 g/mol. The second kappa shape index (κ2) is 8.83. The Bertz CT molecular complexity index is 695. The van der Waals surface area contributed by atoms with E-state index >= 15 is 0 Å². The van der Waals surface area contributed by atoms with Gasteiger partial charge in [0.1, 0.15) is 19.1 Å². The summed E-state index contributed by atoms with van der Waals surface area (Å²) in [5, 5.41) is 3.12. The van der Waals surface area contributed by atoms with Crippen LogP contribution in [0.3, 0.4) is 0 Å². The minimum Gasteiger partial charge on any atom is -0.378 e. The molecule has 1 heterocycles. The fraction of sp³-hybridized carbons (Fsp3) is 0.381. The fourth-order valence-electron chi connectivity index (χ4n) is 3.37. The zero-order chi connectivity index (χ0) is 18.4. The smallest absolute Gasteiger partial charge is 0.251 e. The molecule has 1 saturated heterocycles. The minimum absolute atomic E-state index is 0.0202. The van der Waals surface area contributed by atoms with Gasteiger partial charge in [0, 0.05) is 30.9 Å². The molecule has 5 heteroatoms. The molecule has 1 aliphatic rings. The summed E-state index contributed by atoms with van der Waals surface area (Å²) in [6.45, 7) is 4.08. The van der Waals surface area contributed by atoms with Gasteiger partial charge in [0.25, 0.3) is 5.91 Å². The minimum atomic E-state index is -0.0202. The van der Waals surface area contributed by atoms with Gasteiger partial charge in [-0.2, -0.15) is 0 Å². The molecule has 0 saturated carbocycles. The van der Waals surface area contributed by atoms with Crippen LogP contribution < -0.4 is 15.1 Å². The Balaban J connectivity index is 1.73. The van der Waals surface area contributed by atoms with Gasteiger partial charge in [0.15, 0.2) is 0 Å². The Morgan fingerprint density at radius 1 is 1.08 bits per heavy atom. The number of amides is 1. The molecule has 1 fully saturated rings. The second-order valence-corrected chi connectivity index (χ2v) is 6.89. The molecule has 0 aliphatic carbocycles. The highest BCUT2D eigenvalue weighted by atomic mass is 16.5. The van der Waals surface area contributed by atoms with Crippen molar-refractivity contribution in [2.75, 3.05) is 51.8 Å². The van der Waals surface area contributed by atoms with E-state index in [-0.39, 0.29) is 11.9 Å². The molecule has 0 bridgehead atoms. The zero-order valence-electron chi connectivity index (χ0n) is 15.6. The van der Waals surface area contributed by atoms with Crippen molar-refractivity contribution in [1.82, 2.24) is 5.32 Å². The molecule has 1 atom stereocenters. The number of quaternary nitrogens is 1. The summed E-state index contributed by atoms with van der Waals surface area (Å²) >= 11 is 0. The Kier molecular flexibility index (Phi) is 6.26. The summed E-state index contributed by atoms with van der Waals surface area (Å²) in [5.74, 6) is -0.0202. The average molecular weight is 354 g/mol. The topological polar surface area (TPSA) is 46.0 Å². The molecule has 0 radical (unpaired) electrons. The van der Waals surface area contributed by atoms with Crippen molar-refractivity contribution in [1.29, 1.82) is 0 Å². The number of carbonyl (C=O) groups is 1. The molecule has 138 valence electrons. The van der Waals surface area contributed by atoms with Crippen LogP contribution in [0.2, 0.25) is 0 Å². The number of rotatable bonds is 6. The lowest BCUT2D eigenvalue weighted by atomic mass is 10.0. The molecule has 2 N–H and O–H groups in total. The molecule has 1 amide bonds. The molecule has 2 aromatic rings. The van der Waals surface area contributed by atoms with Crippen LogP contribution in [0.15, 0.2) is 54.6 Å². The Morgan fingerprint density at radius 2 is 1.73 bits per heavy atom. The number of nitrogens with zero attached hydrogens (tertiary/aromatic N) is 1. The number of hydrogen-bond donors (Lipinski definition) is 2. The molecule has 0 aromatic heterocycles. The van der Waals surface area contributed by atoms with Crippen molar-refractivity contribution < 1.29 is 14.4 Å². The molecule has 26 heavy (non-hydrogen) atoms. The normalized spacial score (nSPS) is 16.1. The highest BCUT2D eigenvalue weighted by molar-refractivity contribution is 5.94. The maximum Gasteiger partial charge on any atom is 0.251 e. The van der Waals surface area contributed by atoms with E-state index < -0.39 is 0 Å². The fourth-order valence-corrected chi connectivity index (χ4v) is 3.37. The molecule has 0 spiro atoms. The van der Waals surface area contributed by atoms with E-state index in [1.807, 2.05) is 44.4 Å². The van der Waals surface area contributed by atoms with E-state index in [1.54, 1.807) is 0 Å². The van der Waals surface area contributed by atoms with Crippen molar-refractivity contribution in [2.45, 2.75) is 6.04 Å². The van der Waals surface area contributed by atoms with Crippen molar-refractivity contribution in [3.8, 4) is 0 Å². The molecule has 1 aliphatic heterocycles. The van der Waals surface area contributed by atoms with Crippen LogP contribution >= 0.6 is 0 Å². The third-order valence-electron chi connectivity index (χ3n) is 4.94. The van der Waals surface area contributed by atoms with Crippen molar-refractivity contribution >= 4 is 11.6 Å². The summed E-state index contributed by atoms with van der Waals surface area (Å²) in [5.41, 5.74) is 3.13. The number of hydrogen-bond acceptors (Lipinski definition) is 3. The lowest BCUT2D eigenvalue weighted by molar-refractivity contribution is -0.937. The second-order valence-electron chi connectivity index (χ2n) is 6.89. The summed E-state index contributed by atoms with van der Waals surface area (Å²) in [6.07, 6.45) is 0. The van der Waals surface area contributed by atoms with Crippen molar-refractivity contribution in [3.05, 3.63) is 65.7 Å². The zero-order valence-corrected chi connectivity index (χ0v) is 15.6. The third kappa shape index (κ3) is 4.62. The molecular formula is C21H28N3O2+. The van der Waals surface area contributed by atoms with Crippen LogP contribution in [0.4, 0.5) is 5.69 Å². The van der Waals surface area contributed by atoms with E-state index in [0.717, 1.165) is 26.3 Å². The third-order valence-corrected chi connectivity index (χ3v) is 4.94. The molecule has 3 rings (SSSR count). The maximum atomic E-state index is 12.5. The molecule has 5 nitrogen and oxygen atoms in total. The number of morpholine rings is 1. The van der Waals surface area contributed by atoms with E-state index in [9.17, 15) is 4.79 Å². The first-order valence-electron chi connectivity index (χ1n) is 9.18. The van der Waals surface area contributed by atoms with Crippen LogP contribution in [0, 0.1) is 0 Å². The highest BCUT2D eigenvalue weighted by Crippen LogP contribution is 2.16. The largest absolute Gasteiger partial charge is 0.378 e. The van der Waals surface area contributed by atoms with Gasteiger partial charge in [-0.3, -0.25) is 4.79 Å². The van der Waals surface area contributed by atoms with Crippen molar-refractivity contribution in [3.63, 3.8) is 0 Å². The van der Waals surface area contributed by atoms with Gasteiger partial charge in [-0.15, -0.1) is 0 Å². The van der Waals surface area contributed by atoms with E-state index in [1.165, 1.54) is 16.2 Å². The van der Waals surface area contributed by atoms with Crippen LogP contribution in [0.25, 0.3) is 0 Å². The Hall–Kier alpha value is -2.37. The quantitative estimate of drug-likeness (QED) is 0.818. The Morgan fingerprint density at radius 3 is 2.35 bits per heavy atom. The van der Waals surface area contributed by atoms with E-state index in [0.29, 0.717) is 12.1 Å². The predicted molar refractivity (Wildman–Crippen MR) is 104 cm³/mol. The van der Waals surface area contributed by atoms with Gasteiger partial charge in [-0.25, -0.2) is 0 Å². The van der Waals surface area contributed by atoms with Crippen LogP contribution in [0.1, 0.15) is 22.0 Å². The first-order chi connectivity index (χ1) is 12.6. The van der Waals surface area contributed by atoms with Gasteiger partial charge in [-0.05, 0) is 24.3 Å². The highest BCUT2D eigenvalue weighted by Gasteiger charge is 2.27. The number of carbonyl (C=O) groups excluding carboxylic acids is 1. The SMILES string of the molecule is CN(C)c1ccc([C@H](CNC(=O)c2ccccc2)[NH+]2CCOCC2)cc1. The van der Waals surface area contributed by atoms with Gasteiger partial charge < -0.3 is 19.9 Å². The molecule has 0 unspecified atom stereocenters.